The molecule has 0 bridgehead atoms. The zero-order valence-electron chi connectivity index (χ0n) is 14.3. The lowest BCUT2D eigenvalue weighted by Gasteiger charge is -2.28. The number of amides is 2. The van der Waals surface area contributed by atoms with E-state index in [1.807, 2.05) is 0 Å². The maximum absolute atomic E-state index is 13.9. The van der Waals surface area contributed by atoms with Gasteiger partial charge in [0.05, 0.1) is 12.8 Å². The highest BCUT2D eigenvalue weighted by Crippen LogP contribution is 2.39. The van der Waals surface area contributed by atoms with Gasteiger partial charge in [0, 0.05) is 12.0 Å². The van der Waals surface area contributed by atoms with E-state index in [1.54, 1.807) is 29.6 Å². The summed E-state index contributed by atoms with van der Waals surface area (Å²) in [6, 6.07) is 11.1. The largest absolute Gasteiger partial charge is 0.467 e. The van der Waals surface area contributed by atoms with Gasteiger partial charge in [0.1, 0.15) is 11.6 Å². The highest BCUT2D eigenvalue weighted by Gasteiger charge is 2.67. The fraction of sp³-hybridized carbons (Fsp3) is 0.278. The first-order valence-corrected chi connectivity index (χ1v) is 8.16. The second-order valence-electron chi connectivity index (χ2n) is 5.88. The molecule has 1 aliphatic heterocycles. The molecule has 3 rings (SSSR count). The number of hydrogen-bond acceptors (Lipinski definition) is 4. The average molecular weight is 379 g/mol. The summed E-state index contributed by atoms with van der Waals surface area (Å²) >= 11 is 0. The molecule has 0 aliphatic carbocycles. The van der Waals surface area contributed by atoms with E-state index in [0.29, 0.717) is 5.56 Å². The van der Waals surface area contributed by atoms with Crippen LogP contribution in [0, 0.1) is 0 Å². The van der Waals surface area contributed by atoms with Crippen LogP contribution in [0.3, 0.4) is 0 Å². The number of halogens is 3. The molecule has 0 spiro atoms. The Labute approximate surface area is 152 Å². The van der Waals surface area contributed by atoms with Gasteiger partial charge in [-0.3, -0.25) is 14.5 Å². The quantitative estimate of drug-likeness (QED) is 0.868. The average Bonchev–Trinajstić information content (AvgIpc) is 3.24. The van der Waals surface area contributed by atoms with E-state index in [1.165, 1.54) is 31.4 Å². The van der Waals surface area contributed by atoms with Crippen molar-refractivity contribution in [2.24, 2.45) is 4.99 Å². The number of alkyl halides is 3. The van der Waals surface area contributed by atoms with E-state index in [-0.39, 0.29) is 24.6 Å². The van der Waals surface area contributed by atoms with Gasteiger partial charge in [-0.1, -0.05) is 37.3 Å². The number of nitrogens with zero attached hydrogens (tertiary/aromatic N) is 2. The molecule has 6 nitrogen and oxygen atoms in total. The van der Waals surface area contributed by atoms with Crippen LogP contribution >= 0.6 is 0 Å². The van der Waals surface area contributed by atoms with Gasteiger partial charge in [-0.05, 0) is 12.1 Å². The van der Waals surface area contributed by atoms with E-state index in [0.717, 1.165) is 4.90 Å². The van der Waals surface area contributed by atoms with Crippen molar-refractivity contribution < 1.29 is 27.2 Å². The van der Waals surface area contributed by atoms with Crippen molar-refractivity contribution in [1.29, 1.82) is 0 Å². The number of carbonyl (C=O) groups excluding carboxylic acids is 2. The third kappa shape index (κ3) is 3.32. The lowest BCUT2D eigenvalue weighted by molar-refractivity contribution is -0.200. The van der Waals surface area contributed by atoms with Crippen molar-refractivity contribution in [1.82, 2.24) is 10.2 Å². The number of benzene rings is 1. The number of aliphatic imine (C=N–C) groups is 1. The van der Waals surface area contributed by atoms with Crippen LogP contribution in [0.4, 0.5) is 13.2 Å². The van der Waals surface area contributed by atoms with Crippen LogP contribution < -0.4 is 5.32 Å². The number of rotatable bonds is 5. The smallest absolute Gasteiger partial charge is 0.442 e. The summed E-state index contributed by atoms with van der Waals surface area (Å²) in [5.41, 5.74) is -3.05. The summed E-state index contributed by atoms with van der Waals surface area (Å²) in [7, 11) is 0. The Bertz CT molecular complexity index is 863. The molecule has 0 saturated carbocycles. The summed E-state index contributed by atoms with van der Waals surface area (Å²) in [6.07, 6.45) is -3.99. The van der Waals surface area contributed by atoms with Gasteiger partial charge in [-0.25, -0.2) is 4.99 Å². The molecule has 1 unspecified atom stereocenters. The maximum atomic E-state index is 13.9. The SMILES string of the molecule is CCC(=O)NC1(C(F)(F)F)N=C(c2ccccc2)N(Cc2ccco2)C1=O. The highest BCUT2D eigenvalue weighted by atomic mass is 19.4. The minimum absolute atomic E-state index is 0.189. The second kappa shape index (κ2) is 6.90. The van der Waals surface area contributed by atoms with Crippen molar-refractivity contribution in [2.75, 3.05) is 0 Å². The van der Waals surface area contributed by atoms with Crippen LogP contribution in [0.1, 0.15) is 24.7 Å². The van der Waals surface area contributed by atoms with Crippen molar-refractivity contribution in [3.63, 3.8) is 0 Å². The summed E-state index contributed by atoms with van der Waals surface area (Å²) in [5.74, 6) is -2.22. The topological polar surface area (TPSA) is 74.9 Å². The zero-order valence-corrected chi connectivity index (χ0v) is 14.3. The molecule has 2 heterocycles. The van der Waals surface area contributed by atoms with Gasteiger partial charge in [-0.2, -0.15) is 13.2 Å². The third-order valence-corrected chi connectivity index (χ3v) is 4.06. The number of amidine groups is 1. The number of hydrogen-bond donors (Lipinski definition) is 1. The Kier molecular flexibility index (Phi) is 4.77. The summed E-state index contributed by atoms with van der Waals surface area (Å²) in [6.45, 7) is 1.14. The van der Waals surface area contributed by atoms with Gasteiger partial charge < -0.3 is 9.73 Å². The molecular weight excluding hydrogens is 363 g/mol. The molecule has 142 valence electrons. The molecule has 1 aliphatic rings. The molecule has 0 saturated heterocycles. The molecule has 9 heteroatoms. The standard InChI is InChI=1S/C18H16F3N3O3/c1-2-14(25)22-17(18(19,20)21)16(26)24(11-13-9-6-10-27-13)15(23-17)12-7-4-3-5-8-12/h3-10H,2,11H2,1H3,(H,22,25). The number of carbonyl (C=O) groups is 2. The molecule has 27 heavy (non-hydrogen) atoms. The molecule has 0 radical (unpaired) electrons. The maximum Gasteiger partial charge on any atom is 0.442 e. The fourth-order valence-electron chi connectivity index (χ4n) is 2.70. The lowest BCUT2D eigenvalue weighted by Crippen LogP contribution is -2.63. The molecule has 2 aromatic rings. The molecular formula is C18H16F3N3O3. The van der Waals surface area contributed by atoms with Crippen LogP contribution in [-0.4, -0.2) is 34.4 Å². The van der Waals surface area contributed by atoms with Gasteiger partial charge in [0.2, 0.25) is 5.91 Å². The molecule has 1 aromatic carbocycles. The first-order valence-electron chi connectivity index (χ1n) is 8.16. The zero-order chi connectivity index (χ0) is 19.7. The minimum Gasteiger partial charge on any atom is -0.467 e. The van der Waals surface area contributed by atoms with E-state index in [2.05, 4.69) is 4.99 Å². The number of nitrogens with one attached hydrogen (secondary N) is 1. The Morgan fingerprint density at radius 1 is 1.22 bits per heavy atom. The summed E-state index contributed by atoms with van der Waals surface area (Å²) in [5, 5.41) is 1.77. The first kappa shape index (κ1) is 18.7. The van der Waals surface area contributed by atoms with Gasteiger partial charge in [0.25, 0.3) is 5.91 Å². The van der Waals surface area contributed by atoms with Crippen LogP contribution in [-0.2, 0) is 16.1 Å². The Morgan fingerprint density at radius 3 is 2.48 bits per heavy atom. The van der Waals surface area contributed by atoms with Crippen LogP contribution in [0.5, 0.6) is 0 Å². The van der Waals surface area contributed by atoms with E-state index in [9.17, 15) is 22.8 Å². The summed E-state index contributed by atoms with van der Waals surface area (Å²) in [4.78, 5) is 29.2. The predicted octanol–water partition coefficient (Wildman–Crippen LogP) is 2.85. The Hall–Kier alpha value is -3.10. The van der Waals surface area contributed by atoms with E-state index in [4.69, 9.17) is 4.42 Å². The van der Waals surface area contributed by atoms with Crippen molar-refractivity contribution >= 4 is 17.6 Å². The van der Waals surface area contributed by atoms with Crippen LogP contribution in [0.25, 0.3) is 0 Å². The molecule has 2 amide bonds. The monoisotopic (exact) mass is 379 g/mol. The third-order valence-electron chi connectivity index (χ3n) is 4.06. The predicted molar refractivity (Wildman–Crippen MR) is 89.5 cm³/mol. The first-order chi connectivity index (χ1) is 12.8. The number of furan rings is 1. The Morgan fingerprint density at radius 2 is 1.93 bits per heavy atom. The second-order valence-corrected chi connectivity index (χ2v) is 5.88. The van der Waals surface area contributed by atoms with Crippen molar-refractivity contribution in [3.05, 3.63) is 60.1 Å². The van der Waals surface area contributed by atoms with Gasteiger partial charge >= 0.3 is 11.8 Å². The molecule has 0 fully saturated rings. The highest BCUT2D eigenvalue weighted by molar-refractivity contribution is 6.16. The fourth-order valence-corrected chi connectivity index (χ4v) is 2.70. The minimum atomic E-state index is -5.12. The van der Waals surface area contributed by atoms with Crippen LogP contribution in [0.2, 0.25) is 0 Å². The molecule has 1 N–H and O–H groups in total. The Balaban J connectivity index is 2.12. The van der Waals surface area contributed by atoms with Crippen molar-refractivity contribution in [2.45, 2.75) is 31.7 Å². The van der Waals surface area contributed by atoms with Gasteiger partial charge in [0.15, 0.2) is 0 Å². The molecule has 1 aromatic heterocycles. The van der Waals surface area contributed by atoms with E-state index < -0.39 is 23.7 Å². The van der Waals surface area contributed by atoms with Crippen molar-refractivity contribution in [3.8, 4) is 0 Å². The van der Waals surface area contributed by atoms with Crippen LogP contribution in [0.15, 0.2) is 58.1 Å². The normalized spacial score (nSPS) is 19.9. The lowest BCUT2D eigenvalue weighted by atomic mass is 10.1. The van der Waals surface area contributed by atoms with E-state index >= 15 is 0 Å². The van der Waals surface area contributed by atoms with Gasteiger partial charge in [-0.15, -0.1) is 0 Å². The molecule has 1 atom stereocenters. The summed E-state index contributed by atoms with van der Waals surface area (Å²) < 4.78 is 46.9.